The number of halogens is 1. The first-order valence-electron chi connectivity index (χ1n) is 8.44. The van der Waals surface area contributed by atoms with E-state index in [1.807, 2.05) is 0 Å². The van der Waals surface area contributed by atoms with Gasteiger partial charge in [-0.05, 0) is 0 Å². The predicted octanol–water partition coefficient (Wildman–Crippen LogP) is 6.85. The first-order chi connectivity index (χ1) is 10.2. The zero-order chi connectivity index (χ0) is 18.1. The summed E-state index contributed by atoms with van der Waals surface area (Å²) in [5.41, 5.74) is 11.5. The van der Waals surface area contributed by atoms with Crippen LogP contribution in [0.3, 0.4) is 0 Å². The molecule has 0 aromatic rings. The number of hydrogen-bond donors (Lipinski definition) is 0. The van der Waals surface area contributed by atoms with E-state index in [1.165, 1.54) is 69.3 Å². The van der Waals surface area contributed by atoms with Crippen molar-refractivity contribution < 1.29 is 24.7 Å². The Hall–Kier alpha value is 0.133. The van der Waals surface area contributed by atoms with Crippen LogP contribution in [0.1, 0.15) is 69.2 Å². The molecule has 2 rings (SSSR count). The minimum atomic E-state index is -0.369. The standard InChI is InChI=1S/C21H30Cl.Zr/c1-11-13(3)17(20(7,8)15(11)5)19(22)18-14(4)12(2)16(6)21(18,9)10;/h1-10H3;. The van der Waals surface area contributed by atoms with Crippen molar-refractivity contribution in [3.63, 3.8) is 0 Å². The second-order valence-electron chi connectivity index (χ2n) is 8.41. The van der Waals surface area contributed by atoms with Crippen LogP contribution in [0.15, 0.2) is 44.6 Å². The minimum absolute atomic E-state index is 0.0348. The summed E-state index contributed by atoms with van der Waals surface area (Å²) in [6, 6.07) is 0. The van der Waals surface area contributed by atoms with E-state index in [2.05, 4.69) is 69.2 Å². The Morgan fingerprint density at radius 3 is 1.09 bits per heavy atom. The number of hydrogen-bond acceptors (Lipinski definition) is 0. The van der Waals surface area contributed by atoms with E-state index < -0.39 is 0 Å². The van der Waals surface area contributed by atoms with E-state index in [0.717, 1.165) is 0 Å². The van der Waals surface area contributed by atoms with Gasteiger partial charge in [-0.25, -0.2) is 0 Å². The van der Waals surface area contributed by atoms with Gasteiger partial charge < -0.3 is 0 Å². The summed E-state index contributed by atoms with van der Waals surface area (Å²) in [6.45, 7) is 22.9. The first-order valence-corrected chi connectivity index (χ1v) is 10.0. The average Bonchev–Trinajstić information content (AvgIpc) is 2.66. The summed E-state index contributed by atoms with van der Waals surface area (Å²) in [7, 11) is 0. The summed E-state index contributed by atoms with van der Waals surface area (Å²) in [4.78, 5) is 0. The molecule has 0 atom stereocenters. The van der Waals surface area contributed by atoms with Crippen LogP contribution in [0.25, 0.3) is 0 Å². The number of rotatable bonds is 2. The van der Waals surface area contributed by atoms with Gasteiger partial charge in [-0.15, -0.1) is 0 Å². The molecule has 0 saturated heterocycles. The van der Waals surface area contributed by atoms with E-state index in [0.29, 0.717) is 0 Å². The average molecular weight is 409 g/mol. The molecule has 0 aromatic heterocycles. The van der Waals surface area contributed by atoms with Gasteiger partial charge in [-0.1, -0.05) is 0 Å². The molecule has 0 fully saturated rings. The fourth-order valence-electron chi connectivity index (χ4n) is 4.69. The van der Waals surface area contributed by atoms with E-state index in [4.69, 9.17) is 11.6 Å². The molecule has 0 unspecified atom stereocenters. The van der Waals surface area contributed by atoms with Gasteiger partial charge in [0.05, 0.1) is 0 Å². The molecule has 2 aliphatic carbocycles. The van der Waals surface area contributed by atoms with E-state index in [-0.39, 0.29) is 13.4 Å². The van der Waals surface area contributed by atoms with Crippen LogP contribution in [0, 0.1) is 10.8 Å². The molecule has 2 aliphatic rings. The number of allylic oxidation sites excluding steroid dienone is 8. The molecule has 0 spiro atoms. The fourth-order valence-corrected chi connectivity index (χ4v) is 7.90. The van der Waals surface area contributed by atoms with Crippen LogP contribution in [0.2, 0.25) is 0 Å². The first kappa shape index (κ1) is 19.5. The van der Waals surface area contributed by atoms with Crippen LogP contribution in [-0.4, -0.2) is 2.58 Å². The van der Waals surface area contributed by atoms with Gasteiger partial charge in [0.25, 0.3) is 0 Å². The summed E-state index contributed by atoms with van der Waals surface area (Å²) in [6.07, 6.45) is 0. The predicted molar refractivity (Wildman–Crippen MR) is 98.3 cm³/mol. The van der Waals surface area contributed by atoms with Crippen LogP contribution >= 0.6 is 11.6 Å². The maximum atomic E-state index is 7.44. The zero-order valence-corrected chi connectivity index (χ0v) is 19.6. The normalized spacial score (nSPS) is 24.4. The number of alkyl halides is 1. The van der Waals surface area contributed by atoms with Crippen molar-refractivity contribution in [1.29, 1.82) is 0 Å². The molecule has 0 nitrogen and oxygen atoms in total. The fraction of sp³-hybridized carbons (Fsp3) is 0.619. The molecule has 0 aromatic carbocycles. The van der Waals surface area contributed by atoms with Crippen molar-refractivity contribution in [3.8, 4) is 0 Å². The maximum absolute atomic E-state index is 7.44. The Kier molecular flexibility index (Phi) is 4.71. The topological polar surface area (TPSA) is 0 Å². The van der Waals surface area contributed by atoms with Gasteiger partial charge in [0.15, 0.2) is 0 Å². The van der Waals surface area contributed by atoms with Crippen molar-refractivity contribution in [3.05, 3.63) is 44.6 Å². The Morgan fingerprint density at radius 1 is 0.652 bits per heavy atom. The van der Waals surface area contributed by atoms with Crippen molar-refractivity contribution in [2.75, 3.05) is 0 Å². The van der Waals surface area contributed by atoms with Crippen molar-refractivity contribution in [2.45, 2.75) is 71.8 Å². The molecule has 125 valence electrons. The van der Waals surface area contributed by atoms with Gasteiger partial charge in [-0.3, -0.25) is 0 Å². The Morgan fingerprint density at radius 2 is 0.913 bits per heavy atom. The molecule has 0 N–H and O–H groups in total. The quantitative estimate of drug-likeness (QED) is 0.438. The second kappa shape index (κ2) is 5.57. The molecule has 0 heterocycles. The van der Waals surface area contributed by atoms with Gasteiger partial charge in [-0.2, -0.15) is 0 Å². The van der Waals surface area contributed by atoms with Crippen LogP contribution in [0.5, 0.6) is 0 Å². The Bertz CT molecular complexity index is 646. The van der Waals surface area contributed by atoms with Crippen LogP contribution < -0.4 is 0 Å². The molecular formula is C21H30ClZr. The summed E-state index contributed by atoms with van der Waals surface area (Å²) in [5, 5.41) is 0. The molecule has 0 saturated carbocycles. The third-order valence-electron chi connectivity index (χ3n) is 6.81. The molecular weight excluding hydrogens is 379 g/mol. The molecule has 23 heavy (non-hydrogen) atoms. The molecule has 0 amide bonds. The second-order valence-corrected chi connectivity index (χ2v) is 11.6. The van der Waals surface area contributed by atoms with E-state index in [9.17, 15) is 0 Å². The van der Waals surface area contributed by atoms with Gasteiger partial charge in [0, 0.05) is 0 Å². The van der Waals surface area contributed by atoms with Gasteiger partial charge in [0.1, 0.15) is 0 Å². The Balaban J connectivity index is 2.72. The summed E-state index contributed by atoms with van der Waals surface area (Å²) < 4.78 is -0.369. The molecule has 2 heteroatoms. The summed E-state index contributed by atoms with van der Waals surface area (Å²) in [5.74, 6) is 0. The SMILES string of the molecule is CC1=C(C)C(C)(C)C([C](Cl)([Zr])C2=C(C)C(C)=C(C)C2(C)C)=C1C. The monoisotopic (exact) mass is 407 g/mol. The summed E-state index contributed by atoms with van der Waals surface area (Å²) >= 11 is 8.81. The van der Waals surface area contributed by atoms with Crippen molar-refractivity contribution in [2.24, 2.45) is 10.8 Å². The zero-order valence-electron chi connectivity index (χ0n) is 16.4. The van der Waals surface area contributed by atoms with Crippen LogP contribution in [-0.2, 0) is 24.7 Å². The van der Waals surface area contributed by atoms with E-state index >= 15 is 0 Å². The third kappa shape index (κ3) is 2.48. The van der Waals surface area contributed by atoms with Crippen molar-refractivity contribution in [1.82, 2.24) is 0 Å². The third-order valence-corrected chi connectivity index (χ3v) is 8.42. The van der Waals surface area contributed by atoms with E-state index in [1.54, 1.807) is 0 Å². The van der Waals surface area contributed by atoms with Crippen molar-refractivity contribution >= 4 is 11.6 Å². The molecule has 0 radical (unpaired) electrons. The molecule has 0 aliphatic heterocycles. The Labute approximate surface area is 163 Å². The van der Waals surface area contributed by atoms with Gasteiger partial charge >= 0.3 is 164 Å². The van der Waals surface area contributed by atoms with Crippen LogP contribution in [0.4, 0.5) is 0 Å². The van der Waals surface area contributed by atoms with Gasteiger partial charge in [0.2, 0.25) is 0 Å². The molecule has 0 bridgehead atoms.